The van der Waals surface area contributed by atoms with Crippen LogP contribution in [0.5, 0.6) is 0 Å². The molecule has 1 aliphatic heterocycles. The van der Waals surface area contributed by atoms with E-state index < -0.39 is 6.10 Å². The first-order valence-electron chi connectivity index (χ1n) is 5.75. The van der Waals surface area contributed by atoms with Crippen LogP contribution in [0.3, 0.4) is 0 Å². The minimum atomic E-state index is -0.409. The van der Waals surface area contributed by atoms with E-state index in [4.69, 9.17) is 4.74 Å². The molecule has 0 amide bonds. The predicted molar refractivity (Wildman–Crippen MR) is 62.7 cm³/mol. The number of aliphatic hydroxyl groups is 1. The lowest BCUT2D eigenvalue weighted by Crippen LogP contribution is -2.32. The highest BCUT2D eigenvalue weighted by molar-refractivity contribution is 5.44. The molecule has 0 spiro atoms. The molecule has 1 aliphatic rings. The molecule has 1 aromatic heterocycles. The van der Waals surface area contributed by atoms with E-state index in [1.807, 2.05) is 12.3 Å². The van der Waals surface area contributed by atoms with Gasteiger partial charge in [-0.3, -0.25) is 4.98 Å². The standard InChI is InChI=1S/C12H18N2O2/c1-2-10-3-4-11(7-13-10)14-5-6-16-9-12(15)8-14/h3-4,7,12,15H,2,5-6,8-9H2,1H3/t12-/m0/s1. The van der Waals surface area contributed by atoms with Gasteiger partial charge in [-0.1, -0.05) is 6.92 Å². The third kappa shape index (κ3) is 2.71. The number of aliphatic hydroxyl groups excluding tert-OH is 1. The minimum Gasteiger partial charge on any atom is -0.389 e. The maximum atomic E-state index is 9.63. The van der Waals surface area contributed by atoms with Gasteiger partial charge < -0.3 is 14.7 Å². The van der Waals surface area contributed by atoms with Gasteiger partial charge in [0.1, 0.15) is 0 Å². The monoisotopic (exact) mass is 222 g/mol. The summed E-state index contributed by atoms with van der Waals surface area (Å²) in [6.07, 6.45) is 2.41. The fraction of sp³-hybridized carbons (Fsp3) is 0.583. The first-order valence-corrected chi connectivity index (χ1v) is 5.75. The van der Waals surface area contributed by atoms with Gasteiger partial charge in [0.25, 0.3) is 0 Å². The molecule has 2 heterocycles. The molecule has 0 unspecified atom stereocenters. The molecule has 4 heteroatoms. The zero-order valence-electron chi connectivity index (χ0n) is 9.59. The van der Waals surface area contributed by atoms with E-state index in [-0.39, 0.29) is 0 Å². The highest BCUT2D eigenvalue weighted by Crippen LogP contribution is 2.15. The Balaban J connectivity index is 2.09. The molecular formula is C12H18N2O2. The van der Waals surface area contributed by atoms with Crippen molar-refractivity contribution in [2.24, 2.45) is 0 Å². The molecule has 0 aromatic carbocycles. The number of aryl methyl sites for hydroxylation is 1. The second-order valence-corrected chi connectivity index (χ2v) is 4.04. The Kier molecular flexibility index (Phi) is 3.74. The van der Waals surface area contributed by atoms with Crippen LogP contribution < -0.4 is 4.90 Å². The predicted octanol–water partition coefficient (Wildman–Crippen LogP) is 0.841. The molecule has 1 aromatic rings. The van der Waals surface area contributed by atoms with Crippen LogP contribution in [-0.4, -0.2) is 42.5 Å². The summed E-state index contributed by atoms with van der Waals surface area (Å²) in [5.41, 5.74) is 2.15. The van der Waals surface area contributed by atoms with Crippen molar-refractivity contribution >= 4 is 5.69 Å². The van der Waals surface area contributed by atoms with Crippen LogP contribution >= 0.6 is 0 Å². The largest absolute Gasteiger partial charge is 0.389 e. The number of β-amino-alcohol motifs (C(OH)–C–C–N with tert-alkyl or cyclic N) is 1. The SMILES string of the molecule is CCc1ccc(N2CCOC[C@@H](O)C2)cn1. The van der Waals surface area contributed by atoms with Crippen LogP contribution in [0.1, 0.15) is 12.6 Å². The van der Waals surface area contributed by atoms with E-state index in [1.165, 1.54) is 0 Å². The molecule has 1 saturated heterocycles. The van der Waals surface area contributed by atoms with Crippen molar-refractivity contribution in [2.45, 2.75) is 19.4 Å². The number of anilines is 1. The molecule has 16 heavy (non-hydrogen) atoms. The molecule has 4 nitrogen and oxygen atoms in total. The minimum absolute atomic E-state index is 0.409. The van der Waals surface area contributed by atoms with Crippen molar-refractivity contribution in [3.05, 3.63) is 24.0 Å². The average Bonchev–Trinajstić information content (AvgIpc) is 2.54. The van der Waals surface area contributed by atoms with Crippen LogP contribution in [0.25, 0.3) is 0 Å². The molecule has 0 aliphatic carbocycles. The van der Waals surface area contributed by atoms with Gasteiger partial charge in [0.2, 0.25) is 0 Å². The summed E-state index contributed by atoms with van der Waals surface area (Å²) in [7, 11) is 0. The molecular weight excluding hydrogens is 204 g/mol. The Bertz CT molecular complexity index is 326. The summed E-state index contributed by atoms with van der Waals surface area (Å²) in [5, 5.41) is 9.63. The highest BCUT2D eigenvalue weighted by Gasteiger charge is 2.16. The van der Waals surface area contributed by atoms with Gasteiger partial charge in [0.15, 0.2) is 0 Å². The lowest BCUT2D eigenvalue weighted by atomic mass is 10.2. The van der Waals surface area contributed by atoms with E-state index >= 15 is 0 Å². The number of rotatable bonds is 2. The van der Waals surface area contributed by atoms with Gasteiger partial charge in [-0.15, -0.1) is 0 Å². The van der Waals surface area contributed by atoms with E-state index in [1.54, 1.807) is 0 Å². The Morgan fingerprint density at radius 3 is 3.12 bits per heavy atom. The van der Waals surface area contributed by atoms with Crippen molar-refractivity contribution in [3.8, 4) is 0 Å². The third-order valence-corrected chi connectivity index (χ3v) is 2.78. The molecule has 1 atom stereocenters. The number of aromatic nitrogens is 1. The summed E-state index contributed by atoms with van der Waals surface area (Å²) in [6.45, 7) is 4.60. The van der Waals surface area contributed by atoms with Gasteiger partial charge in [0.05, 0.1) is 31.2 Å². The van der Waals surface area contributed by atoms with Crippen molar-refractivity contribution in [3.63, 3.8) is 0 Å². The van der Waals surface area contributed by atoms with Crippen molar-refractivity contribution < 1.29 is 9.84 Å². The zero-order chi connectivity index (χ0) is 11.4. The molecule has 0 radical (unpaired) electrons. The lowest BCUT2D eigenvalue weighted by molar-refractivity contribution is 0.0597. The number of pyridine rings is 1. The first kappa shape index (κ1) is 11.4. The van der Waals surface area contributed by atoms with Crippen LogP contribution in [0, 0.1) is 0 Å². The smallest absolute Gasteiger partial charge is 0.0948 e. The number of hydrogen-bond acceptors (Lipinski definition) is 4. The Labute approximate surface area is 95.9 Å². The van der Waals surface area contributed by atoms with Crippen LogP contribution in [0.2, 0.25) is 0 Å². The maximum absolute atomic E-state index is 9.63. The normalized spacial score (nSPS) is 21.9. The number of nitrogens with zero attached hydrogens (tertiary/aromatic N) is 2. The number of hydrogen-bond donors (Lipinski definition) is 1. The molecule has 88 valence electrons. The fourth-order valence-electron chi connectivity index (χ4n) is 1.84. The molecule has 2 rings (SSSR count). The second kappa shape index (κ2) is 5.27. The second-order valence-electron chi connectivity index (χ2n) is 4.04. The van der Waals surface area contributed by atoms with Gasteiger partial charge in [0, 0.05) is 18.8 Å². The summed E-state index contributed by atoms with van der Waals surface area (Å²) in [5.74, 6) is 0. The van der Waals surface area contributed by atoms with Gasteiger partial charge in [-0.25, -0.2) is 0 Å². The Morgan fingerprint density at radius 2 is 2.44 bits per heavy atom. The topological polar surface area (TPSA) is 45.6 Å². The number of ether oxygens (including phenoxy) is 1. The van der Waals surface area contributed by atoms with E-state index in [9.17, 15) is 5.11 Å². The summed E-state index contributed by atoms with van der Waals surface area (Å²) in [6, 6.07) is 4.09. The van der Waals surface area contributed by atoms with Crippen LogP contribution in [-0.2, 0) is 11.2 Å². The zero-order valence-corrected chi connectivity index (χ0v) is 9.59. The summed E-state index contributed by atoms with van der Waals surface area (Å²) in [4.78, 5) is 6.48. The average molecular weight is 222 g/mol. The van der Waals surface area contributed by atoms with Crippen molar-refractivity contribution in [2.75, 3.05) is 31.2 Å². The molecule has 0 saturated carbocycles. The van der Waals surface area contributed by atoms with E-state index in [2.05, 4.69) is 22.9 Å². The quantitative estimate of drug-likeness (QED) is 0.805. The summed E-state index contributed by atoms with van der Waals surface area (Å²) >= 11 is 0. The Morgan fingerprint density at radius 1 is 1.56 bits per heavy atom. The highest BCUT2D eigenvalue weighted by atomic mass is 16.5. The van der Waals surface area contributed by atoms with Gasteiger partial charge in [-0.05, 0) is 18.6 Å². The van der Waals surface area contributed by atoms with Crippen LogP contribution in [0.4, 0.5) is 5.69 Å². The van der Waals surface area contributed by atoms with E-state index in [0.29, 0.717) is 19.8 Å². The molecule has 0 bridgehead atoms. The summed E-state index contributed by atoms with van der Waals surface area (Å²) < 4.78 is 5.29. The van der Waals surface area contributed by atoms with Crippen LogP contribution in [0.15, 0.2) is 18.3 Å². The molecule has 1 fully saturated rings. The van der Waals surface area contributed by atoms with Crippen molar-refractivity contribution in [1.82, 2.24) is 4.98 Å². The lowest BCUT2D eigenvalue weighted by Gasteiger charge is -2.23. The van der Waals surface area contributed by atoms with Gasteiger partial charge >= 0.3 is 0 Å². The fourth-order valence-corrected chi connectivity index (χ4v) is 1.84. The molecule has 1 N–H and O–H groups in total. The van der Waals surface area contributed by atoms with E-state index in [0.717, 1.165) is 24.3 Å². The van der Waals surface area contributed by atoms with Crippen molar-refractivity contribution in [1.29, 1.82) is 0 Å². The Hall–Kier alpha value is -1.13. The van der Waals surface area contributed by atoms with Gasteiger partial charge in [-0.2, -0.15) is 0 Å². The maximum Gasteiger partial charge on any atom is 0.0948 e. The first-order chi connectivity index (χ1) is 7.79. The third-order valence-electron chi connectivity index (χ3n) is 2.78.